The van der Waals surface area contributed by atoms with Gasteiger partial charge in [0.25, 0.3) is 0 Å². The predicted molar refractivity (Wildman–Crippen MR) is 78.5 cm³/mol. The Morgan fingerprint density at radius 2 is 1.95 bits per heavy atom. The number of hydrogen-bond acceptors (Lipinski definition) is 3. The standard InChI is InChI=1S/C16H13N3O2/c1-11-4-6-13(7-5-11)19-15(9-14(18-19)16(20)21)12-3-2-8-17-10-12/h2-10H,1H3,(H,20,21). The molecule has 5 nitrogen and oxygen atoms in total. The lowest BCUT2D eigenvalue weighted by Crippen LogP contribution is -2.02. The maximum Gasteiger partial charge on any atom is 0.356 e. The van der Waals surface area contributed by atoms with E-state index in [0.717, 1.165) is 16.8 Å². The zero-order chi connectivity index (χ0) is 14.8. The van der Waals surface area contributed by atoms with Crippen molar-refractivity contribution in [3.8, 4) is 16.9 Å². The molecule has 0 fully saturated rings. The van der Waals surface area contributed by atoms with Gasteiger partial charge >= 0.3 is 5.97 Å². The summed E-state index contributed by atoms with van der Waals surface area (Å²) in [5.41, 5.74) is 3.47. The highest BCUT2D eigenvalue weighted by Gasteiger charge is 2.15. The fraction of sp³-hybridized carbons (Fsp3) is 0.0625. The van der Waals surface area contributed by atoms with Crippen molar-refractivity contribution in [2.75, 3.05) is 0 Å². The van der Waals surface area contributed by atoms with Gasteiger partial charge in [0.15, 0.2) is 5.69 Å². The first-order chi connectivity index (χ1) is 10.1. The Labute approximate surface area is 121 Å². The summed E-state index contributed by atoms with van der Waals surface area (Å²) in [6.07, 6.45) is 3.36. The molecular formula is C16H13N3O2. The highest BCUT2D eigenvalue weighted by Crippen LogP contribution is 2.23. The highest BCUT2D eigenvalue weighted by atomic mass is 16.4. The number of carboxylic acids is 1. The first kappa shape index (κ1) is 13.1. The van der Waals surface area contributed by atoms with Crippen molar-refractivity contribution in [1.82, 2.24) is 14.8 Å². The van der Waals surface area contributed by atoms with Gasteiger partial charge in [0.1, 0.15) is 0 Å². The molecule has 0 spiro atoms. The van der Waals surface area contributed by atoms with Gasteiger partial charge in [0.2, 0.25) is 0 Å². The van der Waals surface area contributed by atoms with Crippen LogP contribution in [-0.4, -0.2) is 25.8 Å². The lowest BCUT2D eigenvalue weighted by Gasteiger charge is -2.07. The van der Waals surface area contributed by atoms with E-state index in [9.17, 15) is 4.79 Å². The largest absolute Gasteiger partial charge is 0.476 e. The van der Waals surface area contributed by atoms with Crippen molar-refractivity contribution >= 4 is 5.97 Å². The monoisotopic (exact) mass is 279 g/mol. The van der Waals surface area contributed by atoms with Crippen molar-refractivity contribution in [2.45, 2.75) is 6.92 Å². The zero-order valence-electron chi connectivity index (χ0n) is 11.4. The van der Waals surface area contributed by atoms with E-state index in [0.29, 0.717) is 5.69 Å². The Morgan fingerprint density at radius 3 is 2.57 bits per heavy atom. The Kier molecular flexibility index (Phi) is 3.23. The zero-order valence-corrected chi connectivity index (χ0v) is 11.4. The number of pyridine rings is 1. The van der Waals surface area contributed by atoms with Crippen molar-refractivity contribution in [2.24, 2.45) is 0 Å². The van der Waals surface area contributed by atoms with Gasteiger partial charge < -0.3 is 5.11 Å². The molecule has 0 saturated carbocycles. The Bertz CT molecular complexity index is 777. The Morgan fingerprint density at radius 1 is 1.19 bits per heavy atom. The van der Waals surface area contributed by atoms with Crippen molar-refractivity contribution in [3.05, 3.63) is 66.1 Å². The number of aryl methyl sites for hydroxylation is 1. The van der Waals surface area contributed by atoms with E-state index in [1.807, 2.05) is 43.3 Å². The van der Waals surface area contributed by atoms with Crippen LogP contribution < -0.4 is 0 Å². The van der Waals surface area contributed by atoms with Gasteiger partial charge in [-0.3, -0.25) is 4.98 Å². The fourth-order valence-electron chi connectivity index (χ4n) is 2.09. The van der Waals surface area contributed by atoms with Crippen LogP contribution in [0.4, 0.5) is 0 Å². The predicted octanol–water partition coefficient (Wildman–Crippen LogP) is 2.94. The second-order valence-electron chi connectivity index (χ2n) is 4.71. The molecule has 2 heterocycles. The topological polar surface area (TPSA) is 68.0 Å². The molecule has 2 aromatic heterocycles. The van der Waals surface area contributed by atoms with E-state index in [1.165, 1.54) is 0 Å². The van der Waals surface area contributed by atoms with Crippen molar-refractivity contribution in [1.29, 1.82) is 0 Å². The minimum atomic E-state index is -1.05. The van der Waals surface area contributed by atoms with E-state index < -0.39 is 5.97 Å². The van der Waals surface area contributed by atoms with Gasteiger partial charge in [0, 0.05) is 18.0 Å². The molecule has 0 aliphatic rings. The molecule has 3 rings (SSSR count). The molecule has 0 atom stereocenters. The lowest BCUT2D eigenvalue weighted by molar-refractivity contribution is 0.0690. The SMILES string of the molecule is Cc1ccc(-n2nc(C(=O)O)cc2-c2cccnc2)cc1. The van der Waals surface area contributed by atoms with Crippen LogP contribution in [0.25, 0.3) is 16.9 Å². The summed E-state index contributed by atoms with van der Waals surface area (Å²) in [5, 5.41) is 13.3. The quantitative estimate of drug-likeness (QED) is 0.800. The summed E-state index contributed by atoms with van der Waals surface area (Å²) in [6, 6.07) is 13.0. The van der Waals surface area contributed by atoms with E-state index >= 15 is 0 Å². The molecule has 0 radical (unpaired) electrons. The third-order valence-corrected chi connectivity index (χ3v) is 3.16. The molecular weight excluding hydrogens is 266 g/mol. The van der Waals surface area contributed by atoms with E-state index in [2.05, 4.69) is 10.1 Å². The highest BCUT2D eigenvalue weighted by molar-refractivity contribution is 5.87. The van der Waals surface area contributed by atoms with Crippen LogP contribution in [0.1, 0.15) is 16.1 Å². The molecule has 0 saturated heterocycles. The van der Waals surface area contributed by atoms with Gasteiger partial charge in [-0.25, -0.2) is 9.48 Å². The smallest absolute Gasteiger partial charge is 0.356 e. The number of carbonyl (C=O) groups is 1. The molecule has 1 N–H and O–H groups in total. The van der Waals surface area contributed by atoms with Crippen LogP contribution in [0, 0.1) is 6.92 Å². The van der Waals surface area contributed by atoms with Crippen molar-refractivity contribution in [3.63, 3.8) is 0 Å². The van der Waals surface area contributed by atoms with E-state index in [4.69, 9.17) is 5.11 Å². The number of benzene rings is 1. The molecule has 0 bridgehead atoms. The van der Waals surface area contributed by atoms with Crippen LogP contribution in [0.5, 0.6) is 0 Å². The number of nitrogens with zero attached hydrogens (tertiary/aromatic N) is 3. The fourth-order valence-corrected chi connectivity index (χ4v) is 2.09. The van der Waals surface area contributed by atoms with Gasteiger partial charge in [0.05, 0.1) is 11.4 Å². The minimum Gasteiger partial charge on any atom is -0.476 e. The number of carboxylic acid groups (broad SMARTS) is 1. The van der Waals surface area contributed by atoms with Crippen LogP contribution in [0.2, 0.25) is 0 Å². The third-order valence-electron chi connectivity index (χ3n) is 3.16. The van der Waals surface area contributed by atoms with Gasteiger partial charge in [-0.2, -0.15) is 5.10 Å². The normalized spacial score (nSPS) is 10.5. The summed E-state index contributed by atoms with van der Waals surface area (Å²) in [4.78, 5) is 15.3. The molecule has 0 unspecified atom stereocenters. The maximum atomic E-state index is 11.2. The summed E-state index contributed by atoms with van der Waals surface area (Å²) >= 11 is 0. The van der Waals surface area contributed by atoms with E-state index in [1.54, 1.807) is 23.1 Å². The molecule has 1 aromatic carbocycles. The Balaban J connectivity index is 2.19. The van der Waals surface area contributed by atoms with E-state index in [-0.39, 0.29) is 5.69 Å². The molecule has 0 aliphatic heterocycles. The molecule has 21 heavy (non-hydrogen) atoms. The summed E-state index contributed by atoms with van der Waals surface area (Å²) in [7, 11) is 0. The number of aromatic nitrogens is 3. The van der Waals surface area contributed by atoms with Gasteiger partial charge in [-0.1, -0.05) is 17.7 Å². The molecule has 0 aliphatic carbocycles. The second-order valence-corrected chi connectivity index (χ2v) is 4.71. The summed E-state index contributed by atoms with van der Waals surface area (Å²) in [6.45, 7) is 2.00. The Hall–Kier alpha value is -2.95. The molecule has 104 valence electrons. The number of rotatable bonds is 3. The van der Waals surface area contributed by atoms with Gasteiger partial charge in [-0.05, 0) is 37.3 Å². The first-order valence-electron chi connectivity index (χ1n) is 6.46. The van der Waals surface area contributed by atoms with Crippen molar-refractivity contribution < 1.29 is 9.90 Å². The molecule has 0 amide bonds. The summed E-state index contributed by atoms with van der Waals surface area (Å²) in [5.74, 6) is -1.05. The summed E-state index contributed by atoms with van der Waals surface area (Å²) < 4.78 is 1.62. The van der Waals surface area contributed by atoms with Gasteiger partial charge in [-0.15, -0.1) is 0 Å². The second kappa shape index (κ2) is 5.20. The van der Waals surface area contributed by atoms with Crippen LogP contribution in [0.3, 0.4) is 0 Å². The molecule has 3 aromatic rings. The van der Waals surface area contributed by atoms with Crippen LogP contribution in [-0.2, 0) is 0 Å². The number of hydrogen-bond donors (Lipinski definition) is 1. The average Bonchev–Trinajstić information content (AvgIpc) is 2.94. The van der Waals surface area contributed by atoms with Crippen LogP contribution >= 0.6 is 0 Å². The lowest BCUT2D eigenvalue weighted by atomic mass is 10.2. The maximum absolute atomic E-state index is 11.2. The first-order valence-corrected chi connectivity index (χ1v) is 6.46. The minimum absolute atomic E-state index is 0.00873. The third kappa shape index (κ3) is 2.53. The number of aromatic carboxylic acids is 1. The average molecular weight is 279 g/mol. The van der Waals surface area contributed by atoms with Crippen LogP contribution in [0.15, 0.2) is 54.9 Å². The molecule has 5 heteroatoms.